The topological polar surface area (TPSA) is 83.5 Å². The second kappa shape index (κ2) is 5.19. The summed E-state index contributed by atoms with van der Waals surface area (Å²) in [7, 11) is -3.64. The number of aromatic carboxylic acids is 1. The summed E-state index contributed by atoms with van der Waals surface area (Å²) in [5.41, 5.74) is 0. The van der Waals surface area contributed by atoms with Crippen LogP contribution in [0.5, 0.6) is 0 Å². The van der Waals surface area contributed by atoms with Gasteiger partial charge in [0.15, 0.2) is 0 Å². The van der Waals surface area contributed by atoms with Gasteiger partial charge >= 0.3 is 5.97 Å². The lowest BCUT2D eigenvalue weighted by Crippen LogP contribution is -2.21. The highest BCUT2D eigenvalue weighted by molar-refractivity contribution is 7.91. The SMILES string of the molecule is O=C(O)c1ccc(S(=O)(=O)NCc2cccs2)s1. The minimum absolute atomic E-state index is 0.00602. The Bertz CT molecular complexity index is 642. The van der Waals surface area contributed by atoms with E-state index in [1.807, 2.05) is 17.5 Å². The van der Waals surface area contributed by atoms with Crippen LogP contribution in [-0.2, 0) is 16.6 Å². The van der Waals surface area contributed by atoms with Gasteiger partial charge in [0.1, 0.15) is 9.09 Å². The molecule has 0 bridgehead atoms. The summed E-state index contributed by atoms with van der Waals surface area (Å²) in [6.07, 6.45) is 0. The van der Waals surface area contributed by atoms with E-state index in [1.165, 1.54) is 23.5 Å². The van der Waals surface area contributed by atoms with E-state index in [1.54, 1.807) is 0 Å². The molecule has 5 nitrogen and oxygen atoms in total. The minimum Gasteiger partial charge on any atom is -0.477 e. The molecule has 96 valence electrons. The summed E-state index contributed by atoms with van der Waals surface area (Å²) >= 11 is 2.19. The van der Waals surface area contributed by atoms with Crippen molar-refractivity contribution in [2.45, 2.75) is 10.8 Å². The molecule has 2 N–H and O–H groups in total. The Kier molecular flexibility index (Phi) is 3.81. The number of carbonyl (C=O) groups is 1. The molecule has 18 heavy (non-hydrogen) atoms. The van der Waals surface area contributed by atoms with E-state index in [0.717, 1.165) is 16.2 Å². The van der Waals surface area contributed by atoms with Crippen molar-refractivity contribution >= 4 is 38.7 Å². The molecule has 0 amide bonds. The van der Waals surface area contributed by atoms with Crippen molar-refractivity contribution in [1.82, 2.24) is 4.72 Å². The number of carboxylic acid groups (broad SMARTS) is 1. The molecule has 8 heteroatoms. The van der Waals surface area contributed by atoms with Gasteiger partial charge < -0.3 is 5.11 Å². The summed E-state index contributed by atoms with van der Waals surface area (Å²) in [4.78, 5) is 11.6. The number of nitrogens with one attached hydrogen (secondary N) is 1. The van der Waals surface area contributed by atoms with E-state index >= 15 is 0 Å². The highest BCUT2D eigenvalue weighted by Gasteiger charge is 2.18. The first-order valence-electron chi connectivity index (χ1n) is 4.84. The predicted molar refractivity (Wildman–Crippen MR) is 69.6 cm³/mol. The zero-order valence-electron chi connectivity index (χ0n) is 8.99. The Labute approximate surface area is 112 Å². The molecule has 0 spiro atoms. The van der Waals surface area contributed by atoms with Crippen LogP contribution in [0.4, 0.5) is 0 Å². The molecule has 0 aliphatic heterocycles. The number of sulfonamides is 1. The molecular formula is C10H9NO4S3. The first-order chi connectivity index (χ1) is 8.49. The average molecular weight is 303 g/mol. The summed E-state index contributed by atoms with van der Waals surface area (Å²) in [5, 5.41) is 10.6. The zero-order valence-corrected chi connectivity index (χ0v) is 11.4. The molecule has 0 aliphatic rings. The fraction of sp³-hybridized carbons (Fsp3) is 0.100. The molecule has 0 aliphatic carbocycles. The zero-order chi connectivity index (χ0) is 13.2. The normalized spacial score (nSPS) is 11.6. The Hall–Kier alpha value is -1.22. The second-order valence-electron chi connectivity index (χ2n) is 3.33. The van der Waals surface area contributed by atoms with Crippen molar-refractivity contribution in [2.24, 2.45) is 0 Å². The number of rotatable bonds is 5. The highest BCUT2D eigenvalue weighted by atomic mass is 32.2. The molecule has 0 fully saturated rings. The van der Waals surface area contributed by atoms with E-state index in [4.69, 9.17) is 5.11 Å². The van der Waals surface area contributed by atoms with Crippen LogP contribution >= 0.6 is 22.7 Å². The maximum absolute atomic E-state index is 11.9. The summed E-state index contributed by atoms with van der Waals surface area (Å²) in [6, 6.07) is 6.24. The number of hydrogen-bond acceptors (Lipinski definition) is 5. The van der Waals surface area contributed by atoms with Crippen molar-refractivity contribution in [3.8, 4) is 0 Å². The Morgan fingerprint density at radius 1 is 1.33 bits per heavy atom. The first-order valence-corrected chi connectivity index (χ1v) is 8.02. The lowest BCUT2D eigenvalue weighted by atomic mass is 10.5. The van der Waals surface area contributed by atoms with Crippen LogP contribution in [0, 0.1) is 0 Å². The average Bonchev–Trinajstić information content (AvgIpc) is 2.98. The van der Waals surface area contributed by atoms with Gasteiger partial charge in [0.25, 0.3) is 0 Å². The van der Waals surface area contributed by atoms with Gasteiger partial charge in [-0.3, -0.25) is 0 Å². The van der Waals surface area contributed by atoms with Gasteiger partial charge in [0.05, 0.1) is 0 Å². The van der Waals surface area contributed by atoms with Crippen LogP contribution in [-0.4, -0.2) is 19.5 Å². The molecule has 2 rings (SSSR count). The summed E-state index contributed by atoms with van der Waals surface area (Å²) < 4.78 is 26.2. The number of thiophene rings is 2. The third-order valence-corrected chi connectivity index (χ3v) is 5.92. The predicted octanol–water partition coefficient (Wildman–Crippen LogP) is 1.99. The smallest absolute Gasteiger partial charge is 0.345 e. The fourth-order valence-electron chi connectivity index (χ4n) is 1.23. The molecule has 0 aromatic carbocycles. The van der Waals surface area contributed by atoms with Gasteiger partial charge in [0, 0.05) is 11.4 Å². The molecule has 0 saturated carbocycles. The van der Waals surface area contributed by atoms with Gasteiger partial charge in [-0.15, -0.1) is 22.7 Å². The molecule has 0 saturated heterocycles. The minimum atomic E-state index is -3.64. The van der Waals surface area contributed by atoms with Gasteiger partial charge in [-0.1, -0.05) is 6.07 Å². The fourth-order valence-corrected chi connectivity index (χ4v) is 4.16. The Morgan fingerprint density at radius 2 is 2.11 bits per heavy atom. The van der Waals surface area contributed by atoms with Crippen molar-refractivity contribution in [1.29, 1.82) is 0 Å². The lowest BCUT2D eigenvalue weighted by Gasteiger charge is -2.02. The quantitative estimate of drug-likeness (QED) is 0.884. The molecule has 0 radical (unpaired) electrons. The Morgan fingerprint density at radius 3 is 2.67 bits per heavy atom. The highest BCUT2D eigenvalue weighted by Crippen LogP contribution is 2.21. The molecule has 0 atom stereocenters. The van der Waals surface area contributed by atoms with Crippen LogP contribution in [0.2, 0.25) is 0 Å². The maximum Gasteiger partial charge on any atom is 0.345 e. The number of carboxylic acids is 1. The van der Waals surface area contributed by atoms with Gasteiger partial charge in [-0.2, -0.15) is 0 Å². The molecule has 2 heterocycles. The van der Waals surface area contributed by atoms with E-state index in [0.29, 0.717) is 0 Å². The van der Waals surface area contributed by atoms with Gasteiger partial charge in [-0.25, -0.2) is 17.9 Å². The summed E-state index contributed by atoms with van der Waals surface area (Å²) in [5.74, 6) is -1.13. The lowest BCUT2D eigenvalue weighted by molar-refractivity contribution is 0.0702. The first kappa shape index (κ1) is 13.2. The third-order valence-electron chi connectivity index (χ3n) is 2.07. The molecular weight excluding hydrogens is 294 g/mol. The van der Waals surface area contributed by atoms with E-state index in [-0.39, 0.29) is 15.6 Å². The molecule has 2 aromatic heterocycles. The second-order valence-corrected chi connectivity index (χ2v) is 7.44. The van der Waals surface area contributed by atoms with Crippen molar-refractivity contribution in [3.63, 3.8) is 0 Å². The molecule has 0 unspecified atom stereocenters. The van der Waals surface area contributed by atoms with Crippen molar-refractivity contribution in [3.05, 3.63) is 39.4 Å². The van der Waals surface area contributed by atoms with Crippen LogP contribution in [0.15, 0.2) is 33.9 Å². The van der Waals surface area contributed by atoms with E-state index in [9.17, 15) is 13.2 Å². The monoisotopic (exact) mass is 303 g/mol. The van der Waals surface area contributed by atoms with E-state index in [2.05, 4.69) is 4.72 Å². The molecule has 2 aromatic rings. The van der Waals surface area contributed by atoms with Crippen molar-refractivity contribution < 1.29 is 18.3 Å². The number of hydrogen-bond donors (Lipinski definition) is 2. The largest absolute Gasteiger partial charge is 0.477 e. The summed E-state index contributed by atoms with van der Waals surface area (Å²) in [6.45, 7) is 0.209. The van der Waals surface area contributed by atoms with Crippen LogP contribution in [0.25, 0.3) is 0 Å². The Balaban J connectivity index is 2.12. The van der Waals surface area contributed by atoms with E-state index < -0.39 is 16.0 Å². The van der Waals surface area contributed by atoms with Crippen molar-refractivity contribution in [2.75, 3.05) is 0 Å². The van der Waals surface area contributed by atoms with Crippen LogP contribution in [0.3, 0.4) is 0 Å². The standard InChI is InChI=1S/C10H9NO4S3/c12-10(13)8-3-4-9(17-8)18(14,15)11-6-7-2-1-5-16-7/h1-5,11H,6H2,(H,12,13). The van der Waals surface area contributed by atoms with Crippen LogP contribution in [0.1, 0.15) is 14.5 Å². The van der Waals surface area contributed by atoms with Crippen LogP contribution < -0.4 is 4.72 Å². The van der Waals surface area contributed by atoms with Gasteiger partial charge in [-0.05, 0) is 23.6 Å². The maximum atomic E-state index is 11.9. The third kappa shape index (κ3) is 2.96. The van der Waals surface area contributed by atoms with Gasteiger partial charge in [0.2, 0.25) is 10.0 Å².